The minimum Gasteiger partial charge on any atom is -0.143 e. The van der Waals surface area contributed by atoms with Gasteiger partial charge in [0.15, 0.2) is 0 Å². The third-order valence-electron chi connectivity index (χ3n) is 1.44. The maximum atomic E-state index is 4.05. The number of hydrogen-bond acceptors (Lipinski definition) is 3. The molecule has 10 heavy (non-hydrogen) atoms. The largest absolute Gasteiger partial charge is 0.143 e. The van der Waals surface area contributed by atoms with E-state index < -0.39 is 0 Å². The molecule has 0 aliphatic heterocycles. The molecule has 0 spiro atoms. The van der Waals surface area contributed by atoms with E-state index in [2.05, 4.69) is 23.4 Å². The molecule has 1 rings (SSSR count). The summed E-state index contributed by atoms with van der Waals surface area (Å²) in [5.41, 5.74) is 1.20. The van der Waals surface area contributed by atoms with Crippen molar-refractivity contribution in [3.63, 3.8) is 0 Å². The standard InChI is InChI=1S/C7H12N2S/c1-3-5-6-7(4-2)10-9-8-6/h3-5H2,1-2H3. The second-order valence-corrected chi connectivity index (χ2v) is 3.09. The minimum atomic E-state index is 1.08. The Hall–Kier alpha value is -0.440. The molecule has 1 aromatic heterocycles. The van der Waals surface area contributed by atoms with Crippen molar-refractivity contribution in [2.24, 2.45) is 0 Å². The summed E-state index contributed by atoms with van der Waals surface area (Å²) in [5.74, 6) is 0. The zero-order valence-electron chi connectivity index (χ0n) is 6.42. The smallest absolute Gasteiger partial charge is 0.0787 e. The zero-order chi connectivity index (χ0) is 7.40. The SMILES string of the molecule is CCCc1nnsc1CC. The molecule has 0 N–H and O–H groups in total. The highest BCUT2D eigenvalue weighted by atomic mass is 32.1. The van der Waals surface area contributed by atoms with Crippen LogP contribution in [-0.2, 0) is 12.8 Å². The minimum absolute atomic E-state index is 1.08. The van der Waals surface area contributed by atoms with Gasteiger partial charge in [0.05, 0.1) is 5.69 Å². The molecule has 0 bridgehead atoms. The first-order chi connectivity index (χ1) is 4.88. The Morgan fingerprint density at radius 1 is 1.40 bits per heavy atom. The van der Waals surface area contributed by atoms with E-state index in [4.69, 9.17) is 0 Å². The molecule has 2 nitrogen and oxygen atoms in total. The third kappa shape index (κ3) is 1.53. The lowest BCUT2D eigenvalue weighted by Crippen LogP contribution is -1.88. The quantitative estimate of drug-likeness (QED) is 0.669. The van der Waals surface area contributed by atoms with Crippen molar-refractivity contribution in [2.75, 3.05) is 0 Å². The molecule has 0 aromatic carbocycles. The van der Waals surface area contributed by atoms with Gasteiger partial charge in [-0.2, -0.15) is 0 Å². The number of aromatic nitrogens is 2. The van der Waals surface area contributed by atoms with Gasteiger partial charge in [-0.1, -0.05) is 24.8 Å². The number of hydrogen-bond donors (Lipinski definition) is 0. The predicted molar refractivity (Wildman–Crippen MR) is 43.3 cm³/mol. The Morgan fingerprint density at radius 2 is 2.20 bits per heavy atom. The van der Waals surface area contributed by atoms with Gasteiger partial charge in [0.1, 0.15) is 0 Å². The summed E-state index contributed by atoms with van der Waals surface area (Å²) in [6.07, 6.45) is 3.32. The second kappa shape index (κ2) is 3.66. The number of aryl methyl sites for hydroxylation is 2. The molecule has 0 amide bonds. The lowest BCUT2D eigenvalue weighted by molar-refractivity contribution is 0.854. The molecule has 0 aliphatic rings. The maximum Gasteiger partial charge on any atom is 0.0787 e. The van der Waals surface area contributed by atoms with E-state index in [0.717, 1.165) is 12.8 Å². The van der Waals surface area contributed by atoms with Gasteiger partial charge in [-0.25, -0.2) is 0 Å². The molecule has 0 fully saturated rings. The topological polar surface area (TPSA) is 25.8 Å². The van der Waals surface area contributed by atoms with Crippen molar-refractivity contribution < 1.29 is 0 Å². The van der Waals surface area contributed by atoms with Crippen molar-refractivity contribution >= 4 is 11.5 Å². The van der Waals surface area contributed by atoms with Crippen molar-refractivity contribution in [2.45, 2.75) is 33.1 Å². The van der Waals surface area contributed by atoms with Crippen LogP contribution in [0.4, 0.5) is 0 Å². The summed E-state index contributed by atoms with van der Waals surface area (Å²) in [4.78, 5) is 1.35. The van der Waals surface area contributed by atoms with Crippen LogP contribution in [0.15, 0.2) is 0 Å². The molecule has 1 heterocycles. The highest BCUT2D eigenvalue weighted by Gasteiger charge is 2.02. The Morgan fingerprint density at radius 3 is 2.80 bits per heavy atom. The average Bonchev–Trinajstić information content (AvgIpc) is 2.36. The van der Waals surface area contributed by atoms with Gasteiger partial charge in [-0.05, 0) is 24.4 Å². The van der Waals surface area contributed by atoms with Crippen LogP contribution in [0, 0.1) is 0 Å². The first-order valence-corrected chi connectivity index (χ1v) is 4.46. The van der Waals surface area contributed by atoms with Gasteiger partial charge >= 0.3 is 0 Å². The summed E-state index contributed by atoms with van der Waals surface area (Å²) >= 11 is 1.53. The van der Waals surface area contributed by atoms with Gasteiger partial charge in [-0.15, -0.1) is 5.10 Å². The highest BCUT2D eigenvalue weighted by Crippen LogP contribution is 2.12. The van der Waals surface area contributed by atoms with Crippen LogP contribution in [0.1, 0.15) is 30.8 Å². The molecule has 0 atom stereocenters. The zero-order valence-corrected chi connectivity index (χ0v) is 7.24. The van der Waals surface area contributed by atoms with Crippen LogP contribution in [-0.4, -0.2) is 9.59 Å². The summed E-state index contributed by atoms with van der Waals surface area (Å²) in [6.45, 7) is 4.31. The van der Waals surface area contributed by atoms with Crippen molar-refractivity contribution in [3.8, 4) is 0 Å². The van der Waals surface area contributed by atoms with E-state index in [9.17, 15) is 0 Å². The monoisotopic (exact) mass is 156 g/mol. The average molecular weight is 156 g/mol. The van der Waals surface area contributed by atoms with Crippen LogP contribution >= 0.6 is 11.5 Å². The Kier molecular flexibility index (Phi) is 2.81. The molecular formula is C7H12N2S. The van der Waals surface area contributed by atoms with Crippen molar-refractivity contribution in [1.82, 2.24) is 9.59 Å². The van der Waals surface area contributed by atoms with E-state index in [-0.39, 0.29) is 0 Å². The first kappa shape index (κ1) is 7.66. The summed E-state index contributed by atoms with van der Waals surface area (Å²) < 4.78 is 3.90. The molecular weight excluding hydrogens is 144 g/mol. The van der Waals surface area contributed by atoms with E-state index in [1.165, 1.54) is 28.5 Å². The third-order valence-corrected chi connectivity index (χ3v) is 2.35. The summed E-state index contributed by atoms with van der Waals surface area (Å²) in [5, 5.41) is 4.05. The Balaban J connectivity index is 2.70. The predicted octanol–water partition coefficient (Wildman–Crippen LogP) is 2.05. The highest BCUT2D eigenvalue weighted by molar-refractivity contribution is 7.05. The van der Waals surface area contributed by atoms with Crippen LogP contribution in [0.5, 0.6) is 0 Å². The fourth-order valence-corrected chi connectivity index (χ4v) is 1.54. The lowest BCUT2D eigenvalue weighted by Gasteiger charge is -1.92. The van der Waals surface area contributed by atoms with Crippen LogP contribution in [0.2, 0.25) is 0 Å². The van der Waals surface area contributed by atoms with Crippen LogP contribution in [0.3, 0.4) is 0 Å². The van der Waals surface area contributed by atoms with Crippen molar-refractivity contribution in [3.05, 3.63) is 10.6 Å². The van der Waals surface area contributed by atoms with Crippen molar-refractivity contribution in [1.29, 1.82) is 0 Å². The van der Waals surface area contributed by atoms with Gasteiger partial charge in [-0.3, -0.25) is 0 Å². The van der Waals surface area contributed by atoms with Gasteiger partial charge in [0, 0.05) is 4.88 Å². The number of nitrogens with zero attached hydrogens (tertiary/aromatic N) is 2. The molecule has 1 aromatic rings. The molecule has 3 heteroatoms. The lowest BCUT2D eigenvalue weighted by atomic mass is 10.2. The van der Waals surface area contributed by atoms with Gasteiger partial charge in [0.25, 0.3) is 0 Å². The van der Waals surface area contributed by atoms with E-state index in [1.54, 1.807) is 0 Å². The van der Waals surface area contributed by atoms with E-state index >= 15 is 0 Å². The normalized spacial score (nSPS) is 10.2. The van der Waals surface area contributed by atoms with Gasteiger partial charge in [0.2, 0.25) is 0 Å². The summed E-state index contributed by atoms with van der Waals surface area (Å²) in [7, 11) is 0. The molecule has 56 valence electrons. The molecule has 0 radical (unpaired) electrons. The maximum absolute atomic E-state index is 4.05. The molecule has 0 saturated carbocycles. The van der Waals surface area contributed by atoms with E-state index in [1.807, 2.05) is 0 Å². The van der Waals surface area contributed by atoms with E-state index in [0.29, 0.717) is 0 Å². The first-order valence-electron chi connectivity index (χ1n) is 3.68. The van der Waals surface area contributed by atoms with Crippen LogP contribution in [0.25, 0.3) is 0 Å². The fraction of sp³-hybridized carbons (Fsp3) is 0.714. The Labute approximate surface area is 65.4 Å². The molecule has 0 unspecified atom stereocenters. The molecule has 0 aliphatic carbocycles. The second-order valence-electron chi connectivity index (χ2n) is 2.25. The fourth-order valence-electron chi connectivity index (χ4n) is 0.922. The van der Waals surface area contributed by atoms with Crippen LogP contribution < -0.4 is 0 Å². The molecule has 0 saturated heterocycles. The summed E-state index contributed by atoms with van der Waals surface area (Å²) in [6, 6.07) is 0. The van der Waals surface area contributed by atoms with Gasteiger partial charge < -0.3 is 0 Å². The number of rotatable bonds is 3. The Bertz CT molecular complexity index is 195.